The summed E-state index contributed by atoms with van der Waals surface area (Å²) in [6.07, 6.45) is 1.65. The van der Waals surface area contributed by atoms with Crippen molar-refractivity contribution in [1.29, 1.82) is 0 Å². The predicted octanol–water partition coefficient (Wildman–Crippen LogP) is 0.906. The van der Waals surface area contributed by atoms with Gasteiger partial charge in [0.05, 0.1) is 0 Å². The normalized spacial score (nSPS) is 16.0. The largest absolute Gasteiger partial charge is 0.477 e. The van der Waals surface area contributed by atoms with Crippen molar-refractivity contribution in [3.63, 3.8) is 0 Å². The molecule has 1 aliphatic rings. The number of carboxylic acid groups (broad SMARTS) is 1. The summed E-state index contributed by atoms with van der Waals surface area (Å²) in [5, 5.41) is 12.2. The maximum atomic E-state index is 11.2. The Balaban J connectivity index is 2.01. The molecule has 0 unspecified atom stereocenters. The Kier molecular flexibility index (Phi) is 4.16. The fourth-order valence-electron chi connectivity index (χ4n) is 2.30. The molecule has 0 aromatic carbocycles. The van der Waals surface area contributed by atoms with Crippen LogP contribution in [0.4, 0.5) is 5.82 Å². The van der Waals surface area contributed by atoms with E-state index < -0.39 is 5.97 Å². The minimum atomic E-state index is -1.06. The summed E-state index contributed by atoms with van der Waals surface area (Å²) in [6.45, 7) is 4.66. The first-order valence-corrected chi connectivity index (χ1v) is 6.56. The van der Waals surface area contributed by atoms with E-state index in [9.17, 15) is 9.59 Å². The first-order valence-electron chi connectivity index (χ1n) is 6.56. The van der Waals surface area contributed by atoms with Crippen LogP contribution in [0.1, 0.15) is 36.1 Å². The standard InChI is InChI=1S/C13H18N4O3/c1-8-14-11(13(19)20)7-12(15-8)16-10-3-5-17(6-4-10)9(2)18/h7,10H,3-6H2,1-2H3,(H,19,20)(H,14,15,16). The Hall–Kier alpha value is -2.18. The van der Waals surface area contributed by atoms with Crippen molar-refractivity contribution in [3.8, 4) is 0 Å². The van der Waals surface area contributed by atoms with Crippen LogP contribution in [0.2, 0.25) is 0 Å². The van der Waals surface area contributed by atoms with Gasteiger partial charge in [0.1, 0.15) is 11.6 Å². The summed E-state index contributed by atoms with van der Waals surface area (Å²) in [7, 11) is 0. The molecule has 0 spiro atoms. The third kappa shape index (κ3) is 3.43. The van der Waals surface area contributed by atoms with Crippen molar-refractivity contribution in [2.75, 3.05) is 18.4 Å². The highest BCUT2D eigenvalue weighted by atomic mass is 16.4. The van der Waals surface area contributed by atoms with Crippen LogP contribution >= 0.6 is 0 Å². The van der Waals surface area contributed by atoms with Crippen molar-refractivity contribution in [2.24, 2.45) is 0 Å². The molecule has 7 heteroatoms. The summed E-state index contributed by atoms with van der Waals surface area (Å²) >= 11 is 0. The Morgan fingerprint density at radius 3 is 2.55 bits per heavy atom. The average molecular weight is 278 g/mol. The van der Waals surface area contributed by atoms with Gasteiger partial charge in [0.2, 0.25) is 5.91 Å². The Bertz CT molecular complexity index is 524. The number of carboxylic acids is 1. The topological polar surface area (TPSA) is 95.4 Å². The lowest BCUT2D eigenvalue weighted by atomic mass is 10.1. The van der Waals surface area contributed by atoms with Gasteiger partial charge in [-0.15, -0.1) is 0 Å². The fourth-order valence-corrected chi connectivity index (χ4v) is 2.30. The molecule has 1 aromatic rings. The quantitative estimate of drug-likeness (QED) is 0.853. The van der Waals surface area contributed by atoms with Gasteiger partial charge < -0.3 is 15.3 Å². The van der Waals surface area contributed by atoms with Crippen LogP contribution in [0.25, 0.3) is 0 Å². The molecule has 2 rings (SSSR count). The van der Waals surface area contributed by atoms with Gasteiger partial charge in [0, 0.05) is 32.1 Å². The fraction of sp³-hybridized carbons (Fsp3) is 0.538. The van der Waals surface area contributed by atoms with Gasteiger partial charge in [-0.25, -0.2) is 14.8 Å². The van der Waals surface area contributed by atoms with Gasteiger partial charge in [0.15, 0.2) is 5.69 Å². The summed E-state index contributed by atoms with van der Waals surface area (Å²) < 4.78 is 0. The molecule has 0 radical (unpaired) electrons. The second-order valence-corrected chi connectivity index (χ2v) is 4.92. The van der Waals surface area contributed by atoms with E-state index in [0.29, 0.717) is 24.7 Å². The van der Waals surface area contributed by atoms with Gasteiger partial charge in [0.25, 0.3) is 0 Å². The van der Waals surface area contributed by atoms with Crippen LogP contribution in [0.15, 0.2) is 6.07 Å². The van der Waals surface area contributed by atoms with Crippen molar-refractivity contribution < 1.29 is 14.7 Å². The predicted molar refractivity (Wildman–Crippen MR) is 72.6 cm³/mol. The first-order chi connectivity index (χ1) is 9.45. The number of nitrogens with one attached hydrogen (secondary N) is 1. The van der Waals surface area contributed by atoms with Crippen molar-refractivity contribution in [3.05, 3.63) is 17.6 Å². The number of carbonyl (C=O) groups is 2. The molecule has 20 heavy (non-hydrogen) atoms. The maximum Gasteiger partial charge on any atom is 0.354 e. The molecule has 1 saturated heterocycles. The number of hydrogen-bond acceptors (Lipinski definition) is 5. The second kappa shape index (κ2) is 5.85. The van der Waals surface area contributed by atoms with Crippen LogP contribution < -0.4 is 5.32 Å². The van der Waals surface area contributed by atoms with E-state index in [1.54, 1.807) is 13.8 Å². The SMILES string of the molecule is CC(=O)N1CCC(Nc2cc(C(=O)O)nc(C)n2)CC1. The highest BCUT2D eigenvalue weighted by Gasteiger charge is 2.21. The maximum absolute atomic E-state index is 11.2. The number of hydrogen-bond donors (Lipinski definition) is 2. The van der Waals surface area contributed by atoms with E-state index in [4.69, 9.17) is 5.11 Å². The minimum Gasteiger partial charge on any atom is -0.477 e. The minimum absolute atomic E-state index is 0.0128. The molecule has 108 valence electrons. The molecule has 7 nitrogen and oxygen atoms in total. The van der Waals surface area contributed by atoms with Crippen LogP contribution in [0, 0.1) is 6.92 Å². The monoisotopic (exact) mass is 278 g/mol. The van der Waals surface area contributed by atoms with Crippen molar-refractivity contribution in [2.45, 2.75) is 32.7 Å². The number of amides is 1. The Morgan fingerprint density at radius 1 is 1.35 bits per heavy atom. The zero-order valence-electron chi connectivity index (χ0n) is 11.6. The lowest BCUT2D eigenvalue weighted by Gasteiger charge is -2.32. The Labute approximate surface area is 117 Å². The van der Waals surface area contributed by atoms with Crippen molar-refractivity contribution in [1.82, 2.24) is 14.9 Å². The van der Waals surface area contributed by atoms with Crippen LogP contribution in [-0.2, 0) is 4.79 Å². The van der Waals surface area contributed by atoms with Gasteiger partial charge in [-0.1, -0.05) is 0 Å². The lowest BCUT2D eigenvalue weighted by molar-refractivity contribution is -0.129. The molecule has 2 heterocycles. The molecule has 1 fully saturated rings. The van der Waals surface area contributed by atoms with Gasteiger partial charge in [-0.05, 0) is 19.8 Å². The van der Waals surface area contributed by atoms with Crippen LogP contribution in [-0.4, -0.2) is 51.0 Å². The van der Waals surface area contributed by atoms with Crippen LogP contribution in [0.3, 0.4) is 0 Å². The van der Waals surface area contributed by atoms with Gasteiger partial charge in [-0.3, -0.25) is 4.79 Å². The van der Waals surface area contributed by atoms with Crippen molar-refractivity contribution >= 4 is 17.7 Å². The van der Waals surface area contributed by atoms with Crippen LogP contribution in [0.5, 0.6) is 0 Å². The number of aryl methyl sites for hydroxylation is 1. The number of anilines is 1. The lowest BCUT2D eigenvalue weighted by Crippen LogP contribution is -2.41. The first kappa shape index (κ1) is 14.2. The van der Waals surface area contributed by atoms with Gasteiger partial charge >= 0.3 is 5.97 Å². The molecule has 1 aromatic heterocycles. The van der Waals surface area contributed by atoms with E-state index in [1.807, 2.05) is 4.90 Å². The van der Waals surface area contributed by atoms with E-state index in [0.717, 1.165) is 12.8 Å². The smallest absolute Gasteiger partial charge is 0.354 e. The molecule has 0 atom stereocenters. The summed E-state index contributed by atoms with van der Waals surface area (Å²) in [4.78, 5) is 32.1. The average Bonchev–Trinajstić information content (AvgIpc) is 2.38. The van der Waals surface area contributed by atoms with E-state index in [-0.39, 0.29) is 17.6 Å². The number of aromatic nitrogens is 2. The summed E-state index contributed by atoms with van der Waals surface area (Å²) in [6, 6.07) is 1.63. The number of carbonyl (C=O) groups excluding carboxylic acids is 1. The number of aromatic carboxylic acids is 1. The number of piperidine rings is 1. The summed E-state index contributed by atoms with van der Waals surface area (Å²) in [5.41, 5.74) is -0.0128. The molecule has 2 N–H and O–H groups in total. The molecule has 0 bridgehead atoms. The number of likely N-dealkylation sites (tertiary alicyclic amines) is 1. The Morgan fingerprint density at radius 2 is 2.00 bits per heavy atom. The molecule has 0 saturated carbocycles. The third-order valence-corrected chi connectivity index (χ3v) is 3.35. The molecular weight excluding hydrogens is 260 g/mol. The number of rotatable bonds is 3. The zero-order valence-corrected chi connectivity index (χ0v) is 11.6. The highest BCUT2D eigenvalue weighted by molar-refractivity contribution is 5.86. The van der Waals surface area contributed by atoms with Gasteiger partial charge in [-0.2, -0.15) is 0 Å². The highest BCUT2D eigenvalue weighted by Crippen LogP contribution is 2.16. The molecule has 0 aliphatic carbocycles. The third-order valence-electron chi connectivity index (χ3n) is 3.35. The molecule has 1 amide bonds. The molecule has 1 aliphatic heterocycles. The molecular formula is C13H18N4O3. The number of nitrogens with zero attached hydrogens (tertiary/aromatic N) is 3. The van der Waals surface area contributed by atoms with E-state index in [1.165, 1.54) is 6.07 Å². The summed E-state index contributed by atoms with van der Waals surface area (Å²) in [5.74, 6) is -0.0239. The second-order valence-electron chi connectivity index (χ2n) is 4.92. The van der Waals surface area contributed by atoms with E-state index in [2.05, 4.69) is 15.3 Å². The zero-order chi connectivity index (χ0) is 14.7. The van der Waals surface area contributed by atoms with E-state index >= 15 is 0 Å².